The number of hydrogen-bond donors (Lipinski definition) is 0. The van der Waals surface area contributed by atoms with Crippen molar-refractivity contribution in [3.63, 3.8) is 0 Å². The highest BCUT2D eigenvalue weighted by molar-refractivity contribution is 6.32. The minimum Gasteiger partial charge on any atom is -0.454 e. The summed E-state index contributed by atoms with van der Waals surface area (Å²) in [7, 11) is 0. The number of nitriles is 1. The van der Waals surface area contributed by atoms with Crippen molar-refractivity contribution in [2.45, 2.75) is 6.18 Å². The van der Waals surface area contributed by atoms with Crippen LogP contribution in [0.3, 0.4) is 0 Å². The highest BCUT2D eigenvalue weighted by atomic mass is 35.5. The van der Waals surface area contributed by atoms with Crippen LogP contribution in [0.25, 0.3) is 0 Å². The molecule has 0 atom stereocenters. The molecule has 0 spiro atoms. The number of benzene rings is 2. The summed E-state index contributed by atoms with van der Waals surface area (Å²) >= 11 is 5.89. The summed E-state index contributed by atoms with van der Waals surface area (Å²) in [4.78, 5) is 0. The Morgan fingerprint density at radius 3 is 2.35 bits per heavy atom. The van der Waals surface area contributed by atoms with Crippen LogP contribution in [-0.2, 0) is 6.18 Å². The average molecular weight is 298 g/mol. The van der Waals surface area contributed by atoms with Gasteiger partial charge in [0, 0.05) is 0 Å². The molecule has 0 aliphatic heterocycles. The van der Waals surface area contributed by atoms with Crippen molar-refractivity contribution in [3.8, 4) is 17.6 Å². The van der Waals surface area contributed by atoms with Crippen LogP contribution in [-0.4, -0.2) is 0 Å². The van der Waals surface area contributed by atoms with Gasteiger partial charge in [-0.2, -0.15) is 18.4 Å². The molecule has 102 valence electrons. The molecule has 2 aromatic carbocycles. The SMILES string of the molecule is N#Cc1cc(C(F)(F)F)ccc1Oc1ccccc1Cl. The normalized spacial score (nSPS) is 10.9. The van der Waals surface area contributed by atoms with Gasteiger partial charge in [-0.05, 0) is 30.3 Å². The van der Waals surface area contributed by atoms with E-state index in [4.69, 9.17) is 21.6 Å². The van der Waals surface area contributed by atoms with Gasteiger partial charge in [-0.3, -0.25) is 0 Å². The minimum atomic E-state index is -4.51. The van der Waals surface area contributed by atoms with E-state index in [2.05, 4.69) is 0 Å². The summed E-state index contributed by atoms with van der Waals surface area (Å²) in [6.45, 7) is 0. The number of nitrogens with zero attached hydrogens (tertiary/aromatic N) is 1. The Morgan fingerprint density at radius 1 is 1.05 bits per heavy atom. The number of hydrogen-bond acceptors (Lipinski definition) is 2. The van der Waals surface area contributed by atoms with Crippen molar-refractivity contribution in [2.24, 2.45) is 0 Å². The van der Waals surface area contributed by atoms with E-state index in [0.717, 1.165) is 18.2 Å². The lowest BCUT2D eigenvalue weighted by Gasteiger charge is -2.11. The number of para-hydroxylation sites is 1. The highest BCUT2D eigenvalue weighted by Crippen LogP contribution is 2.35. The molecule has 0 saturated heterocycles. The summed E-state index contributed by atoms with van der Waals surface area (Å²) in [5.41, 5.74) is -1.11. The average Bonchev–Trinajstić information content (AvgIpc) is 2.40. The van der Waals surface area contributed by atoms with Gasteiger partial charge in [-0.15, -0.1) is 0 Å². The number of alkyl halides is 3. The Labute approximate surface area is 118 Å². The van der Waals surface area contributed by atoms with Crippen LogP contribution in [0.2, 0.25) is 5.02 Å². The van der Waals surface area contributed by atoms with Crippen molar-refractivity contribution < 1.29 is 17.9 Å². The maximum Gasteiger partial charge on any atom is 0.416 e. The van der Waals surface area contributed by atoms with Crippen LogP contribution in [0.4, 0.5) is 13.2 Å². The Hall–Kier alpha value is -2.19. The first-order valence-corrected chi connectivity index (χ1v) is 5.83. The zero-order valence-electron chi connectivity index (χ0n) is 9.91. The van der Waals surface area contributed by atoms with Gasteiger partial charge >= 0.3 is 6.18 Å². The smallest absolute Gasteiger partial charge is 0.416 e. The third-order valence-corrected chi connectivity index (χ3v) is 2.80. The second-order valence-electron chi connectivity index (χ2n) is 3.85. The highest BCUT2D eigenvalue weighted by Gasteiger charge is 2.31. The Morgan fingerprint density at radius 2 is 1.75 bits per heavy atom. The maximum absolute atomic E-state index is 12.6. The van der Waals surface area contributed by atoms with Crippen molar-refractivity contribution in [2.75, 3.05) is 0 Å². The molecule has 20 heavy (non-hydrogen) atoms. The summed E-state index contributed by atoms with van der Waals surface area (Å²) in [5.74, 6) is 0.291. The van der Waals surface area contributed by atoms with Crippen LogP contribution in [0.15, 0.2) is 42.5 Å². The molecular weight excluding hydrogens is 291 g/mol. The van der Waals surface area contributed by atoms with E-state index in [-0.39, 0.29) is 17.1 Å². The van der Waals surface area contributed by atoms with Crippen LogP contribution < -0.4 is 4.74 Å². The standard InChI is InChI=1S/C14H7ClF3NO/c15-11-3-1-2-4-13(11)20-12-6-5-10(14(16,17)18)7-9(12)8-19/h1-7H. The fourth-order valence-corrected chi connectivity index (χ4v) is 1.70. The molecule has 6 heteroatoms. The van der Waals surface area contributed by atoms with Gasteiger partial charge in [0.25, 0.3) is 0 Å². The zero-order chi connectivity index (χ0) is 14.8. The lowest BCUT2D eigenvalue weighted by molar-refractivity contribution is -0.137. The van der Waals surface area contributed by atoms with E-state index in [0.29, 0.717) is 5.02 Å². The molecule has 0 bridgehead atoms. The molecule has 0 unspecified atom stereocenters. The van der Waals surface area contributed by atoms with Gasteiger partial charge in [0.1, 0.15) is 17.6 Å². The Kier molecular flexibility index (Phi) is 3.86. The van der Waals surface area contributed by atoms with E-state index in [1.54, 1.807) is 30.3 Å². The fourth-order valence-electron chi connectivity index (χ4n) is 1.53. The summed E-state index contributed by atoms with van der Waals surface area (Å²) < 4.78 is 43.0. The molecule has 0 radical (unpaired) electrons. The second kappa shape index (κ2) is 5.43. The molecule has 0 aliphatic rings. The van der Waals surface area contributed by atoms with E-state index in [1.165, 1.54) is 0 Å². The molecule has 2 aromatic rings. The quantitative estimate of drug-likeness (QED) is 0.779. The second-order valence-corrected chi connectivity index (χ2v) is 4.26. The van der Waals surface area contributed by atoms with Crippen LogP contribution in [0, 0.1) is 11.3 Å². The Bertz CT molecular complexity index is 677. The van der Waals surface area contributed by atoms with Gasteiger partial charge in [0.15, 0.2) is 0 Å². The zero-order valence-corrected chi connectivity index (χ0v) is 10.7. The van der Waals surface area contributed by atoms with Crippen LogP contribution >= 0.6 is 11.6 Å². The van der Waals surface area contributed by atoms with Gasteiger partial charge in [0.05, 0.1) is 16.1 Å². The van der Waals surface area contributed by atoms with E-state index < -0.39 is 11.7 Å². The molecule has 0 amide bonds. The molecule has 0 aromatic heterocycles. The molecular formula is C14H7ClF3NO. The first-order valence-electron chi connectivity index (χ1n) is 5.45. The van der Waals surface area contributed by atoms with Gasteiger partial charge in [0.2, 0.25) is 0 Å². The molecule has 0 saturated carbocycles. The maximum atomic E-state index is 12.6. The third kappa shape index (κ3) is 3.03. The van der Waals surface area contributed by atoms with Crippen molar-refractivity contribution >= 4 is 11.6 Å². The monoisotopic (exact) mass is 297 g/mol. The van der Waals surface area contributed by atoms with Crippen LogP contribution in [0.5, 0.6) is 11.5 Å². The number of halogens is 4. The fraction of sp³-hybridized carbons (Fsp3) is 0.0714. The molecule has 2 rings (SSSR count). The predicted octanol–water partition coefficient (Wildman–Crippen LogP) is 5.02. The molecule has 0 heterocycles. The lowest BCUT2D eigenvalue weighted by Crippen LogP contribution is -2.05. The van der Waals surface area contributed by atoms with Gasteiger partial charge in [-0.25, -0.2) is 0 Å². The Balaban J connectivity index is 2.39. The topological polar surface area (TPSA) is 33.0 Å². The first kappa shape index (κ1) is 14.2. The summed E-state index contributed by atoms with van der Waals surface area (Å²) in [5, 5.41) is 9.23. The summed E-state index contributed by atoms with van der Waals surface area (Å²) in [6, 6.07) is 10.9. The number of rotatable bonds is 2. The largest absolute Gasteiger partial charge is 0.454 e. The van der Waals surface area contributed by atoms with Crippen molar-refractivity contribution in [3.05, 3.63) is 58.6 Å². The van der Waals surface area contributed by atoms with E-state index in [9.17, 15) is 13.2 Å². The summed E-state index contributed by atoms with van der Waals surface area (Å²) in [6.07, 6.45) is -4.51. The molecule has 0 fully saturated rings. The predicted molar refractivity (Wildman–Crippen MR) is 67.7 cm³/mol. The van der Waals surface area contributed by atoms with Crippen molar-refractivity contribution in [1.29, 1.82) is 5.26 Å². The molecule has 2 nitrogen and oxygen atoms in total. The first-order chi connectivity index (χ1) is 9.41. The minimum absolute atomic E-state index is 0.0219. The van der Waals surface area contributed by atoms with Gasteiger partial charge < -0.3 is 4.74 Å². The van der Waals surface area contributed by atoms with E-state index in [1.807, 2.05) is 0 Å². The molecule has 0 N–H and O–H groups in total. The molecule has 0 aliphatic carbocycles. The van der Waals surface area contributed by atoms with Gasteiger partial charge in [-0.1, -0.05) is 23.7 Å². The van der Waals surface area contributed by atoms with E-state index >= 15 is 0 Å². The lowest BCUT2D eigenvalue weighted by atomic mass is 10.1. The number of ether oxygens (including phenoxy) is 1. The van der Waals surface area contributed by atoms with Crippen molar-refractivity contribution in [1.82, 2.24) is 0 Å². The van der Waals surface area contributed by atoms with Crippen LogP contribution in [0.1, 0.15) is 11.1 Å². The third-order valence-electron chi connectivity index (χ3n) is 2.48.